The zero-order valence-corrected chi connectivity index (χ0v) is 9.56. The Morgan fingerprint density at radius 1 is 1.31 bits per heavy atom. The van der Waals surface area contributed by atoms with Gasteiger partial charge in [-0.15, -0.1) is 6.58 Å². The van der Waals surface area contributed by atoms with E-state index in [0.29, 0.717) is 11.4 Å². The van der Waals surface area contributed by atoms with Crippen molar-refractivity contribution in [1.29, 1.82) is 0 Å². The maximum atomic E-state index is 12.1. The van der Waals surface area contributed by atoms with E-state index in [1.807, 2.05) is 30.3 Å². The third kappa shape index (κ3) is 2.28. The second-order valence-corrected chi connectivity index (χ2v) is 4.75. The predicted molar refractivity (Wildman–Crippen MR) is 63.5 cm³/mol. The fourth-order valence-electron chi connectivity index (χ4n) is 1.35. The fraction of sp³-hybridized carbons (Fsp3) is 0.0833. The highest BCUT2D eigenvalue weighted by molar-refractivity contribution is 7.85. The van der Waals surface area contributed by atoms with E-state index in [4.69, 9.17) is 0 Å². The molecule has 0 saturated heterocycles. The first-order valence-corrected chi connectivity index (χ1v) is 6.06. The normalized spacial score (nSPS) is 12.2. The molecule has 0 N–H and O–H groups in total. The molecule has 1 heterocycles. The highest BCUT2D eigenvalue weighted by atomic mass is 32.2. The van der Waals surface area contributed by atoms with Gasteiger partial charge in [-0.05, 0) is 12.1 Å². The van der Waals surface area contributed by atoms with Gasteiger partial charge in [-0.1, -0.05) is 24.3 Å². The van der Waals surface area contributed by atoms with E-state index in [1.54, 1.807) is 23.2 Å². The molecule has 0 aliphatic rings. The molecule has 0 fully saturated rings. The van der Waals surface area contributed by atoms with Crippen LogP contribution < -0.4 is 0 Å². The van der Waals surface area contributed by atoms with E-state index in [1.165, 1.54) is 0 Å². The lowest BCUT2D eigenvalue weighted by molar-refractivity contribution is 0.681. The summed E-state index contributed by atoms with van der Waals surface area (Å²) in [7, 11) is -1.15. The van der Waals surface area contributed by atoms with Gasteiger partial charge < -0.3 is 0 Å². The van der Waals surface area contributed by atoms with Gasteiger partial charge in [0.2, 0.25) is 0 Å². The number of benzene rings is 1. The average molecular weight is 232 g/mol. The summed E-state index contributed by atoms with van der Waals surface area (Å²) in [6, 6.07) is 9.35. The average Bonchev–Trinajstić information content (AvgIpc) is 2.78. The van der Waals surface area contributed by atoms with Gasteiger partial charge in [0.15, 0.2) is 0 Å². The molecule has 0 radical (unpaired) electrons. The summed E-state index contributed by atoms with van der Waals surface area (Å²) in [5, 5.41) is 4.10. The van der Waals surface area contributed by atoms with Crippen molar-refractivity contribution in [1.82, 2.24) is 9.78 Å². The summed E-state index contributed by atoms with van der Waals surface area (Å²) in [6.45, 7) is 4.26. The Kier molecular flexibility index (Phi) is 3.31. The van der Waals surface area contributed by atoms with Crippen molar-refractivity contribution in [3.63, 3.8) is 0 Å². The van der Waals surface area contributed by atoms with Gasteiger partial charge in [-0.3, -0.25) is 4.68 Å². The molecular weight excluding hydrogens is 220 g/mol. The molecule has 0 spiro atoms. The molecule has 0 amide bonds. The molecule has 16 heavy (non-hydrogen) atoms. The summed E-state index contributed by atoms with van der Waals surface area (Å²) in [4.78, 5) is 1.51. The van der Waals surface area contributed by atoms with Crippen LogP contribution in [0, 0.1) is 0 Å². The Hall–Kier alpha value is -1.68. The molecule has 82 valence electrons. The smallest absolute Gasteiger partial charge is 0.0881 e. The first-order chi connectivity index (χ1) is 7.81. The Balaban J connectivity index is 2.24. The van der Waals surface area contributed by atoms with Crippen molar-refractivity contribution in [2.24, 2.45) is 0 Å². The van der Waals surface area contributed by atoms with Gasteiger partial charge in [0.1, 0.15) is 0 Å². The van der Waals surface area contributed by atoms with Crippen LogP contribution in [-0.4, -0.2) is 14.0 Å². The molecule has 1 aromatic heterocycles. The van der Waals surface area contributed by atoms with Crippen molar-refractivity contribution in [2.45, 2.75) is 16.3 Å². The van der Waals surface area contributed by atoms with Crippen LogP contribution in [0.4, 0.5) is 0 Å². The topological polar surface area (TPSA) is 34.9 Å². The van der Waals surface area contributed by atoms with Gasteiger partial charge in [-0.2, -0.15) is 5.10 Å². The van der Waals surface area contributed by atoms with Crippen molar-refractivity contribution in [3.8, 4) is 0 Å². The number of aromatic nitrogens is 2. The van der Waals surface area contributed by atoms with Crippen molar-refractivity contribution < 1.29 is 4.21 Å². The van der Waals surface area contributed by atoms with Gasteiger partial charge in [0.05, 0.1) is 28.4 Å². The highest BCUT2D eigenvalue weighted by Gasteiger charge is 2.08. The Morgan fingerprint density at radius 2 is 2.06 bits per heavy atom. The van der Waals surface area contributed by atoms with Crippen LogP contribution in [0.5, 0.6) is 0 Å². The zero-order valence-electron chi connectivity index (χ0n) is 8.74. The van der Waals surface area contributed by atoms with Crippen LogP contribution in [0.2, 0.25) is 0 Å². The summed E-state index contributed by atoms with van der Waals surface area (Å²) >= 11 is 0. The first kappa shape index (κ1) is 10.8. The molecular formula is C12H12N2OS. The van der Waals surface area contributed by atoms with Crippen molar-refractivity contribution >= 4 is 10.8 Å². The fourth-order valence-corrected chi connectivity index (χ4v) is 2.39. The van der Waals surface area contributed by atoms with Gasteiger partial charge in [-0.25, -0.2) is 4.21 Å². The van der Waals surface area contributed by atoms with Crippen LogP contribution in [0.1, 0.15) is 0 Å². The summed E-state index contributed by atoms with van der Waals surface area (Å²) in [5.74, 6) is 0. The lowest BCUT2D eigenvalue weighted by Crippen LogP contribution is -1.94. The Bertz CT molecular complexity index is 505. The number of hydrogen-bond acceptors (Lipinski definition) is 2. The second kappa shape index (κ2) is 4.90. The third-order valence-corrected chi connectivity index (χ3v) is 3.44. The minimum Gasteiger partial charge on any atom is -0.268 e. The molecule has 0 saturated carbocycles. The summed E-state index contributed by atoms with van der Waals surface area (Å²) in [6.07, 6.45) is 5.17. The third-order valence-electron chi connectivity index (χ3n) is 2.10. The summed E-state index contributed by atoms with van der Waals surface area (Å²) < 4.78 is 13.8. The molecule has 1 aromatic carbocycles. The molecule has 3 nitrogen and oxygen atoms in total. The van der Waals surface area contributed by atoms with Gasteiger partial charge >= 0.3 is 0 Å². The van der Waals surface area contributed by atoms with Gasteiger partial charge in [0.25, 0.3) is 0 Å². The van der Waals surface area contributed by atoms with Crippen LogP contribution in [0.25, 0.3) is 0 Å². The monoisotopic (exact) mass is 232 g/mol. The number of nitrogens with zero attached hydrogens (tertiary/aromatic N) is 2. The van der Waals surface area contributed by atoms with E-state index < -0.39 is 10.8 Å². The maximum Gasteiger partial charge on any atom is 0.0881 e. The van der Waals surface area contributed by atoms with Crippen LogP contribution >= 0.6 is 0 Å². The van der Waals surface area contributed by atoms with E-state index in [-0.39, 0.29) is 0 Å². The van der Waals surface area contributed by atoms with Crippen LogP contribution in [0.3, 0.4) is 0 Å². The maximum absolute atomic E-state index is 12.1. The van der Waals surface area contributed by atoms with Crippen LogP contribution in [0.15, 0.2) is 65.2 Å². The van der Waals surface area contributed by atoms with E-state index in [0.717, 1.165) is 4.90 Å². The lowest BCUT2D eigenvalue weighted by atomic mass is 10.4. The Morgan fingerprint density at radius 3 is 2.75 bits per heavy atom. The minimum atomic E-state index is -1.15. The SMILES string of the molecule is C=CCn1cc([S@@](=O)c2ccccc2)cn1. The standard InChI is InChI=1S/C12H12N2OS/c1-2-8-14-10-12(9-13-14)16(15)11-6-4-3-5-7-11/h2-7,9-10H,1,8H2/t16-/m0/s1. The second-order valence-electron chi connectivity index (χ2n) is 3.27. The molecule has 0 unspecified atom stereocenters. The van der Waals surface area contributed by atoms with E-state index in [9.17, 15) is 4.21 Å². The predicted octanol–water partition coefficient (Wildman–Crippen LogP) is 2.24. The molecule has 0 aliphatic heterocycles. The molecule has 1 atom stereocenters. The zero-order chi connectivity index (χ0) is 11.4. The number of rotatable bonds is 4. The molecule has 4 heteroatoms. The lowest BCUT2D eigenvalue weighted by Gasteiger charge is -1.97. The van der Waals surface area contributed by atoms with Gasteiger partial charge in [0, 0.05) is 11.1 Å². The summed E-state index contributed by atoms with van der Waals surface area (Å²) in [5.41, 5.74) is 0. The first-order valence-electron chi connectivity index (χ1n) is 4.91. The highest BCUT2D eigenvalue weighted by Crippen LogP contribution is 2.14. The quantitative estimate of drug-likeness (QED) is 0.758. The van der Waals surface area contributed by atoms with E-state index in [2.05, 4.69) is 11.7 Å². The van der Waals surface area contributed by atoms with Crippen molar-refractivity contribution in [2.75, 3.05) is 0 Å². The Labute approximate surface area is 96.9 Å². The van der Waals surface area contributed by atoms with E-state index >= 15 is 0 Å². The molecule has 0 bridgehead atoms. The van der Waals surface area contributed by atoms with Crippen molar-refractivity contribution in [3.05, 3.63) is 55.4 Å². The molecule has 0 aliphatic carbocycles. The minimum absolute atomic E-state index is 0.631. The molecule has 2 rings (SSSR count). The number of hydrogen-bond donors (Lipinski definition) is 0. The van der Waals surface area contributed by atoms with Crippen LogP contribution in [-0.2, 0) is 17.3 Å². The number of allylic oxidation sites excluding steroid dienone is 1. The largest absolute Gasteiger partial charge is 0.268 e. The molecule has 2 aromatic rings.